The molecule has 1 amide bonds. The fourth-order valence-corrected chi connectivity index (χ4v) is 3.85. The van der Waals surface area contributed by atoms with Gasteiger partial charge in [-0.2, -0.15) is 0 Å². The minimum absolute atomic E-state index is 0.0281. The Morgan fingerprint density at radius 2 is 1.90 bits per heavy atom. The molecule has 2 aromatic carbocycles. The van der Waals surface area contributed by atoms with Gasteiger partial charge >= 0.3 is 0 Å². The monoisotopic (exact) mass is 401 g/mol. The molecule has 0 aliphatic carbocycles. The molecule has 1 saturated heterocycles. The quantitative estimate of drug-likeness (QED) is 0.656. The highest BCUT2D eigenvalue weighted by atomic mass is 16.2. The number of nitrogens with one attached hydrogen (secondary N) is 2. The van der Waals surface area contributed by atoms with E-state index in [4.69, 9.17) is 4.98 Å². The second-order valence-electron chi connectivity index (χ2n) is 7.57. The van der Waals surface area contributed by atoms with Crippen LogP contribution in [-0.4, -0.2) is 41.4 Å². The van der Waals surface area contributed by atoms with Crippen LogP contribution in [0.25, 0.3) is 11.1 Å². The number of anilines is 1. The molecule has 30 heavy (non-hydrogen) atoms. The van der Waals surface area contributed by atoms with Gasteiger partial charge in [0, 0.05) is 25.7 Å². The van der Waals surface area contributed by atoms with Crippen LogP contribution in [0.2, 0.25) is 0 Å². The van der Waals surface area contributed by atoms with E-state index in [1.54, 1.807) is 4.90 Å². The number of hydrogen-bond acceptors (Lipinski definition) is 5. The van der Waals surface area contributed by atoms with Crippen LogP contribution < -0.4 is 10.6 Å². The van der Waals surface area contributed by atoms with E-state index in [2.05, 4.69) is 15.6 Å². The van der Waals surface area contributed by atoms with Gasteiger partial charge in [-0.15, -0.1) is 0 Å². The van der Waals surface area contributed by atoms with Gasteiger partial charge in [-0.05, 0) is 36.6 Å². The van der Waals surface area contributed by atoms with E-state index in [1.807, 2.05) is 74.8 Å². The highest BCUT2D eigenvalue weighted by Gasteiger charge is 2.22. The molecule has 4 rings (SSSR count). The molecule has 2 N–H and O–H groups in total. The van der Waals surface area contributed by atoms with Crippen molar-refractivity contribution in [3.05, 3.63) is 77.7 Å². The third-order valence-electron chi connectivity index (χ3n) is 5.41. The molecule has 6 heteroatoms. The number of rotatable bonds is 6. The predicted octanol–water partition coefficient (Wildman–Crippen LogP) is 3.88. The summed E-state index contributed by atoms with van der Waals surface area (Å²) in [5, 5.41) is 6.56. The van der Waals surface area contributed by atoms with Crippen molar-refractivity contribution >= 4 is 11.7 Å². The zero-order valence-corrected chi connectivity index (χ0v) is 17.4. The summed E-state index contributed by atoms with van der Waals surface area (Å²) < 4.78 is 0. The third kappa shape index (κ3) is 4.33. The second kappa shape index (κ2) is 9.05. The molecule has 0 bridgehead atoms. The molecule has 1 aromatic heterocycles. The van der Waals surface area contributed by atoms with Crippen molar-refractivity contribution in [1.82, 2.24) is 20.2 Å². The van der Waals surface area contributed by atoms with Crippen molar-refractivity contribution in [2.75, 3.05) is 26.0 Å². The molecular weight excluding hydrogens is 374 g/mol. The van der Waals surface area contributed by atoms with Gasteiger partial charge in [0.1, 0.15) is 11.6 Å². The molecule has 6 nitrogen and oxygen atoms in total. The van der Waals surface area contributed by atoms with E-state index in [-0.39, 0.29) is 11.9 Å². The number of nitrogens with zero attached hydrogens (tertiary/aromatic N) is 3. The molecule has 1 atom stereocenters. The van der Waals surface area contributed by atoms with Crippen molar-refractivity contribution in [2.45, 2.75) is 25.4 Å². The second-order valence-corrected chi connectivity index (χ2v) is 7.57. The van der Waals surface area contributed by atoms with E-state index < -0.39 is 0 Å². The average Bonchev–Trinajstić information content (AvgIpc) is 3.34. The summed E-state index contributed by atoms with van der Waals surface area (Å²) in [6.07, 6.45) is 2.16. The number of carbonyl (C=O) groups is 1. The minimum atomic E-state index is -0.0281. The SMILES string of the molecule is CNc1cc(CN(C)C(=O)c2ccccc2-c2ccccc2)nc([C@@H]2CCCN2)n1. The lowest BCUT2D eigenvalue weighted by Gasteiger charge is -2.20. The lowest BCUT2D eigenvalue weighted by Crippen LogP contribution is -2.28. The van der Waals surface area contributed by atoms with E-state index >= 15 is 0 Å². The number of benzene rings is 2. The van der Waals surface area contributed by atoms with Crippen LogP contribution in [-0.2, 0) is 6.54 Å². The zero-order valence-electron chi connectivity index (χ0n) is 17.4. The highest BCUT2D eigenvalue weighted by Crippen LogP contribution is 2.25. The summed E-state index contributed by atoms with van der Waals surface area (Å²) in [7, 11) is 3.67. The highest BCUT2D eigenvalue weighted by molar-refractivity contribution is 6.00. The smallest absolute Gasteiger partial charge is 0.254 e. The number of amides is 1. The summed E-state index contributed by atoms with van der Waals surface area (Å²) in [5.74, 6) is 1.54. The van der Waals surface area contributed by atoms with Gasteiger partial charge in [0.15, 0.2) is 0 Å². The van der Waals surface area contributed by atoms with E-state index in [0.29, 0.717) is 12.1 Å². The molecule has 154 valence electrons. The first-order valence-electron chi connectivity index (χ1n) is 10.3. The lowest BCUT2D eigenvalue weighted by molar-refractivity contribution is 0.0784. The molecule has 0 spiro atoms. The van der Waals surface area contributed by atoms with Crippen LogP contribution in [0.15, 0.2) is 60.7 Å². The molecular formula is C24H27N5O. The van der Waals surface area contributed by atoms with Crippen LogP contribution in [0.5, 0.6) is 0 Å². The van der Waals surface area contributed by atoms with Crippen molar-refractivity contribution in [2.24, 2.45) is 0 Å². The Hall–Kier alpha value is -3.25. The summed E-state index contributed by atoms with van der Waals surface area (Å²) in [4.78, 5) is 24.4. The van der Waals surface area contributed by atoms with Gasteiger partial charge < -0.3 is 15.5 Å². The van der Waals surface area contributed by atoms with Crippen LogP contribution in [0, 0.1) is 0 Å². The summed E-state index contributed by atoms with van der Waals surface area (Å²) in [6, 6.07) is 19.8. The first-order chi connectivity index (χ1) is 14.7. The summed E-state index contributed by atoms with van der Waals surface area (Å²) >= 11 is 0. The molecule has 1 aliphatic heterocycles. The van der Waals surface area contributed by atoms with Crippen LogP contribution in [0.4, 0.5) is 5.82 Å². The van der Waals surface area contributed by atoms with Gasteiger partial charge in [0.05, 0.1) is 18.3 Å². The maximum atomic E-state index is 13.3. The van der Waals surface area contributed by atoms with E-state index in [1.165, 1.54) is 0 Å². The number of aromatic nitrogens is 2. The Kier molecular flexibility index (Phi) is 6.05. The van der Waals surface area contributed by atoms with E-state index in [9.17, 15) is 4.79 Å². The van der Waals surface area contributed by atoms with Gasteiger partial charge in [-0.1, -0.05) is 48.5 Å². The molecule has 0 radical (unpaired) electrons. The maximum Gasteiger partial charge on any atom is 0.254 e. The van der Waals surface area contributed by atoms with Crippen LogP contribution >= 0.6 is 0 Å². The third-order valence-corrected chi connectivity index (χ3v) is 5.41. The Morgan fingerprint density at radius 3 is 2.63 bits per heavy atom. The normalized spacial score (nSPS) is 15.7. The van der Waals surface area contributed by atoms with Crippen LogP contribution in [0.3, 0.4) is 0 Å². The topological polar surface area (TPSA) is 70.2 Å². The van der Waals surface area contributed by atoms with Gasteiger partial charge in [-0.25, -0.2) is 9.97 Å². The lowest BCUT2D eigenvalue weighted by atomic mass is 9.99. The Balaban J connectivity index is 1.58. The Labute approximate surface area is 177 Å². The Bertz CT molecular complexity index is 1020. The fraction of sp³-hybridized carbons (Fsp3) is 0.292. The van der Waals surface area contributed by atoms with E-state index in [0.717, 1.165) is 47.8 Å². The fourth-order valence-electron chi connectivity index (χ4n) is 3.85. The Morgan fingerprint density at radius 1 is 1.13 bits per heavy atom. The zero-order chi connectivity index (χ0) is 20.9. The molecule has 2 heterocycles. The first-order valence-corrected chi connectivity index (χ1v) is 10.3. The van der Waals surface area contributed by atoms with Crippen molar-refractivity contribution in [1.29, 1.82) is 0 Å². The van der Waals surface area contributed by atoms with Crippen molar-refractivity contribution in [3.8, 4) is 11.1 Å². The van der Waals surface area contributed by atoms with Gasteiger partial charge in [0.2, 0.25) is 0 Å². The molecule has 0 unspecified atom stereocenters. The molecule has 1 aliphatic rings. The molecule has 3 aromatic rings. The molecule has 1 fully saturated rings. The first kappa shape index (κ1) is 20.0. The summed E-state index contributed by atoms with van der Waals surface area (Å²) in [5.41, 5.74) is 3.48. The predicted molar refractivity (Wildman–Crippen MR) is 119 cm³/mol. The van der Waals surface area contributed by atoms with Crippen LogP contribution in [0.1, 0.15) is 40.8 Å². The van der Waals surface area contributed by atoms with Gasteiger partial charge in [-0.3, -0.25) is 4.79 Å². The molecule has 0 saturated carbocycles. The average molecular weight is 402 g/mol. The number of carbonyl (C=O) groups excluding carboxylic acids is 1. The largest absolute Gasteiger partial charge is 0.373 e. The number of hydrogen-bond donors (Lipinski definition) is 2. The minimum Gasteiger partial charge on any atom is -0.373 e. The van der Waals surface area contributed by atoms with Crippen molar-refractivity contribution in [3.63, 3.8) is 0 Å². The maximum absolute atomic E-state index is 13.3. The van der Waals surface area contributed by atoms with Gasteiger partial charge in [0.25, 0.3) is 5.91 Å². The standard InChI is InChI=1S/C24H27N5O/c1-25-22-15-18(27-23(28-22)21-13-8-14-26-21)16-29(2)24(30)20-12-7-6-11-19(20)17-9-4-3-5-10-17/h3-7,9-12,15,21,26H,8,13-14,16H2,1-2H3,(H,25,27,28)/t21-/m0/s1. The summed E-state index contributed by atoms with van der Waals surface area (Å²) in [6.45, 7) is 1.40. The van der Waals surface area contributed by atoms with Crippen molar-refractivity contribution < 1.29 is 4.79 Å².